The van der Waals surface area contributed by atoms with Gasteiger partial charge < -0.3 is 24.6 Å². The van der Waals surface area contributed by atoms with Crippen LogP contribution in [0.3, 0.4) is 0 Å². The minimum atomic E-state index is -0.833. The quantitative estimate of drug-likeness (QED) is 0.695. The molecule has 2 fully saturated rings. The number of piperidine rings is 1. The van der Waals surface area contributed by atoms with Crippen LogP contribution in [0.1, 0.15) is 74.8 Å². The van der Waals surface area contributed by atoms with Gasteiger partial charge in [0.1, 0.15) is 0 Å². The minimum Gasteiger partial charge on any atom is -0.481 e. The van der Waals surface area contributed by atoms with Crippen molar-refractivity contribution in [3.05, 3.63) is 23.5 Å². The van der Waals surface area contributed by atoms with Gasteiger partial charge in [0.15, 0.2) is 0 Å². The smallest absolute Gasteiger partial charge is 0.300 e. The summed E-state index contributed by atoms with van der Waals surface area (Å²) in [6.07, 6.45) is 8.60. The van der Waals surface area contributed by atoms with Crippen LogP contribution in [-0.4, -0.2) is 64.2 Å². The average Bonchev–Trinajstić information content (AvgIpc) is 3.11. The molecule has 1 aromatic rings. The van der Waals surface area contributed by atoms with E-state index in [0.717, 1.165) is 57.8 Å². The van der Waals surface area contributed by atoms with Crippen LogP contribution in [0.15, 0.2) is 12.3 Å². The average molecular weight is 450 g/mol. The van der Waals surface area contributed by atoms with E-state index in [0.29, 0.717) is 18.6 Å². The molecule has 3 atom stereocenters. The Morgan fingerprint density at radius 3 is 2.41 bits per heavy atom. The number of amides is 2. The highest BCUT2D eigenvalue weighted by Gasteiger charge is 2.37. The number of likely N-dealkylation sites (tertiary alicyclic amines) is 1. The third-order valence-corrected chi connectivity index (χ3v) is 6.28. The van der Waals surface area contributed by atoms with Gasteiger partial charge in [-0.2, -0.15) is 0 Å². The SMILES string of the molecule is CC(=O)O.CCCO[C@@H]1CC[C@H](C(=O)N2CCCCC2)C[C@H]1NC(=O)c1ccn(C)c1C. The van der Waals surface area contributed by atoms with Gasteiger partial charge in [-0.05, 0) is 57.9 Å². The maximum atomic E-state index is 13.0. The molecule has 0 spiro atoms. The van der Waals surface area contributed by atoms with Crippen LogP contribution >= 0.6 is 0 Å². The number of ether oxygens (including phenoxy) is 1. The number of hydrogen-bond acceptors (Lipinski definition) is 4. The lowest BCUT2D eigenvalue weighted by Gasteiger charge is -2.38. The number of carboxylic acids is 1. The summed E-state index contributed by atoms with van der Waals surface area (Å²) in [6, 6.07) is 1.73. The summed E-state index contributed by atoms with van der Waals surface area (Å²) in [5.74, 6) is -0.648. The molecule has 1 aliphatic carbocycles. The molecule has 8 heteroatoms. The molecule has 0 radical (unpaired) electrons. The predicted octanol–water partition coefficient (Wildman–Crippen LogP) is 3.13. The predicted molar refractivity (Wildman–Crippen MR) is 123 cm³/mol. The Bertz CT molecular complexity index is 766. The lowest BCUT2D eigenvalue weighted by molar-refractivity contribution is -0.139. The van der Waals surface area contributed by atoms with Crippen LogP contribution in [0.25, 0.3) is 0 Å². The van der Waals surface area contributed by atoms with Gasteiger partial charge in [-0.25, -0.2) is 0 Å². The Kier molecular flexibility index (Phi) is 10.2. The van der Waals surface area contributed by atoms with Crippen molar-refractivity contribution in [1.82, 2.24) is 14.8 Å². The standard InChI is InChI=1S/C22H35N3O3.C2H4O2/c1-4-14-28-20-9-8-17(22(27)25-11-6-5-7-12-25)15-19(20)23-21(26)18-10-13-24(3)16(18)2;1-2(3)4/h10,13,17,19-20H,4-9,11-12,14-15H2,1-3H3,(H,23,26);1H3,(H,3,4)/t17-,19+,20+;/m0./s1. The van der Waals surface area contributed by atoms with E-state index in [9.17, 15) is 9.59 Å². The van der Waals surface area contributed by atoms with Gasteiger partial charge in [-0.1, -0.05) is 6.92 Å². The van der Waals surface area contributed by atoms with E-state index in [1.165, 1.54) is 6.42 Å². The minimum absolute atomic E-state index is 0.0123. The number of carbonyl (C=O) groups excluding carboxylic acids is 2. The van der Waals surface area contributed by atoms with Crippen molar-refractivity contribution in [2.75, 3.05) is 19.7 Å². The molecule has 2 N–H and O–H groups in total. The fourth-order valence-corrected chi connectivity index (χ4v) is 4.46. The van der Waals surface area contributed by atoms with Crippen molar-refractivity contribution in [1.29, 1.82) is 0 Å². The molecule has 0 aromatic carbocycles. The van der Waals surface area contributed by atoms with Crippen molar-refractivity contribution in [3.8, 4) is 0 Å². The van der Waals surface area contributed by atoms with Crippen LogP contribution in [0, 0.1) is 12.8 Å². The molecule has 1 aliphatic heterocycles. The molecule has 1 saturated carbocycles. The first-order chi connectivity index (χ1) is 15.2. The Balaban J connectivity index is 0.000000837. The molecule has 2 amide bonds. The number of nitrogens with zero attached hydrogens (tertiary/aromatic N) is 2. The highest BCUT2D eigenvalue weighted by atomic mass is 16.5. The van der Waals surface area contributed by atoms with E-state index in [1.807, 2.05) is 35.7 Å². The van der Waals surface area contributed by atoms with Gasteiger partial charge in [0, 0.05) is 51.5 Å². The molecule has 8 nitrogen and oxygen atoms in total. The zero-order valence-electron chi connectivity index (χ0n) is 19.9. The van der Waals surface area contributed by atoms with Crippen molar-refractivity contribution in [3.63, 3.8) is 0 Å². The number of rotatable bonds is 6. The molecule has 1 aromatic heterocycles. The van der Waals surface area contributed by atoms with E-state index < -0.39 is 5.97 Å². The monoisotopic (exact) mass is 449 g/mol. The zero-order valence-corrected chi connectivity index (χ0v) is 19.9. The molecule has 2 heterocycles. The molecular formula is C24H39N3O5. The highest BCUT2D eigenvalue weighted by molar-refractivity contribution is 5.95. The van der Waals surface area contributed by atoms with E-state index >= 15 is 0 Å². The van der Waals surface area contributed by atoms with Crippen LogP contribution in [0.2, 0.25) is 0 Å². The van der Waals surface area contributed by atoms with E-state index in [-0.39, 0.29) is 29.9 Å². The summed E-state index contributed by atoms with van der Waals surface area (Å²) >= 11 is 0. The second kappa shape index (κ2) is 12.6. The largest absolute Gasteiger partial charge is 0.481 e. The van der Waals surface area contributed by atoms with E-state index in [2.05, 4.69) is 12.2 Å². The number of hydrogen-bond donors (Lipinski definition) is 2. The maximum absolute atomic E-state index is 13.0. The highest BCUT2D eigenvalue weighted by Crippen LogP contribution is 2.30. The molecule has 3 rings (SSSR count). The number of aryl methyl sites for hydroxylation is 1. The molecule has 0 unspecified atom stereocenters. The normalized spacial score (nSPS) is 23.1. The number of carboxylic acid groups (broad SMARTS) is 1. The first kappa shape index (κ1) is 25.9. The number of aliphatic carboxylic acids is 1. The van der Waals surface area contributed by atoms with Crippen LogP contribution in [0.4, 0.5) is 0 Å². The van der Waals surface area contributed by atoms with Crippen LogP contribution < -0.4 is 5.32 Å². The first-order valence-electron chi connectivity index (χ1n) is 11.8. The van der Waals surface area contributed by atoms with Gasteiger partial charge in [-0.3, -0.25) is 14.4 Å². The van der Waals surface area contributed by atoms with Crippen molar-refractivity contribution in [2.24, 2.45) is 13.0 Å². The second-order valence-corrected chi connectivity index (χ2v) is 8.83. The molecule has 1 saturated heterocycles. The molecular weight excluding hydrogens is 410 g/mol. The number of nitrogens with one attached hydrogen (secondary N) is 1. The van der Waals surface area contributed by atoms with E-state index in [4.69, 9.17) is 14.6 Å². The van der Waals surface area contributed by atoms with Gasteiger partial charge in [0.2, 0.25) is 5.91 Å². The Morgan fingerprint density at radius 1 is 1.19 bits per heavy atom. The molecule has 0 bridgehead atoms. The first-order valence-corrected chi connectivity index (χ1v) is 11.8. The Morgan fingerprint density at radius 2 is 1.84 bits per heavy atom. The Labute approximate surface area is 191 Å². The lowest BCUT2D eigenvalue weighted by Crippen LogP contribution is -2.51. The Hall–Kier alpha value is -2.35. The molecule has 2 aliphatic rings. The summed E-state index contributed by atoms with van der Waals surface area (Å²) in [5.41, 5.74) is 1.64. The topological polar surface area (TPSA) is 101 Å². The molecule has 180 valence electrons. The van der Waals surface area contributed by atoms with Crippen molar-refractivity contribution >= 4 is 17.8 Å². The summed E-state index contributed by atoms with van der Waals surface area (Å²) in [4.78, 5) is 36.9. The summed E-state index contributed by atoms with van der Waals surface area (Å²) < 4.78 is 7.99. The van der Waals surface area contributed by atoms with Crippen LogP contribution in [-0.2, 0) is 21.4 Å². The third-order valence-electron chi connectivity index (χ3n) is 6.28. The van der Waals surface area contributed by atoms with Gasteiger partial charge in [0.25, 0.3) is 11.9 Å². The fraction of sp³-hybridized carbons (Fsp3) is 0.708. The van der Waals surface area contributed by atoms with E-state index in [1.54, 1.807) is 0 Å². The maximum Gasteiger partial charge on any atom is 0.300 e. The molecule has 32 heavy (non-hydrogen) atoms. The summed E-state index contributed by atoms with van der Waals surface area (Å²) in [7, 11) is 1.94. The summed E-state index contributed by atoms with van der Waals surface area (Å²) in [5, 5.41) is 10.6. The van der Waals surface area contributed by atoms with Gasteiger partial charge >= 0.3 is 0 Å². The van der Waals surface area contributed by atoms with Gasteiger partial charge in [-0.15, -0.1) is 0 Å². The zero-order chi connectivity index (χ0) is 23.7. The summed E-state index contributed by atoms with van der Waals surface area (Å²) in [6.45, 7) is 7.57. The third kappa shape index (κ3) is 7.36. The van der Waals surface area contributed by atoms with Crippen LogP contribution in [0.5, 0.6) is 0 Å². The second-order valence-electron chi connectivity index (χ2n) is 8.83. The van der Waals surface area contributed by atoms with Gasteiger partial charge in [0.05, 0.1) is 17.7 Å². The fourth-order valence-electron chi connectivity index (χ4n) is 4.46. The lowest BCUT2D eigenvalue weighted by atomic mass is 9.82. The van der Waals surface area contributed by atoms with Crippen molar-refractivity contribution < 1.29 is 24.2 Å². The number of carbonyl (C=O) groups is 3. The van der Waals surface area contributed by atoms with Crippen molar-refractivity contribution in [2.45, 2.75) is 77.9 Å². The number of aromatic nitrogens is 1.